The molecule has 3 aliphatic heterocycles. The zero-order chi connectivity index (χ0) is 28.7. The number of nitrogens with zero attached hydrogens (tertiary/aromatic N) is 3. The molecule has 0 aliphatic carbocycles. The van der Waals surface area contributed by atoms with Crippen molar-refractivity contribution in [1.29, 1.82) is 0 Å². The number of halogens is 3. The van der Waals surface area contributed by atoms with E-state index in [0.717, 1.165) is 11.1 Å². The highest BCUT2D eigenvalue weighted by molar-refractivity contribution is 6.05. The Morgan fingerprint density at radius 1 is 0.829 bits per heavy atom. The molecular formula is C31H29F3N4O3. The lowest BCUT2D eigenvalue weighted by molar-refractivity contribution is -0.136. The smallest absolute Gasteiger partial charge is 0.255 e. The summed E-state index contributed by atoms with van der Waals surface area (Å²) in [6.07, 6.45) is 0.409. The first-order valence-corrected chi connectivity index (χ1v) is 13.7. The third-order valence-corrected chi connectivity index (χ3v) is 8.23. The molecule has 1 N–H and O–H groups in total. The number of carbonyl (C=O) groups is 3. The molecule has 212 valence electrons. The predicted octanol–water partition coefficient (Wildman–Crippen LogP) is 3.77. The minimum absolute atomic E-state index is 0.158. The zero-order valence-electron chi connectivity index (χ0n) is 22.3. The van der Waals surface area contributed by atoms with Crippen molar-refractivity contribution in [3.63, 3.8) is 0 Å². The van der Waals surface area contributed by atoms with Gasteiger partial charge in [0.25, 0.3) is 5.91 Å². The highest BCUT2D eigenvalue weighted by Gasteiger charge is 2.39. The van der Waals surface area contributed by atoms with E-state index in [0.29, 0.717) is 43.9 Å². The average molecular weight is 563 g/mol. The number of piperidine rings is 1. The van der Waals surface area contributed by atoms with Gasteiger partial charge in [0.1, 0.15) is 23.5 Å². The summed E-state index contributed by atoms with van der Waals surface area (Å²) in [6, 6.07) is 14.7. The molecule has 2 saturated heterocycles. The molecule has 0 spiro atoms. The van der Waals surface area contributed by atoms with Crippen LogP contribution in [-0.4, -0.2) is 64.6 Å². The van der Waals surface area contributed by atoms with E-state index in [1.165, 1.54) is 35.2 Å². The summed E-state index contributed by atoms with van der Waals surface area (Å²) in [5, 5.41) is 2.28. The number of benzene rings is 3. The number of hydrogen-bond acceptors (Lipinski definition) is 5. The van der Waals surface area contributed by atoms with Crippen LogP contribution < -0.4 is 5.32 Å². The molecule has 3 aromatic rings. The lowest BCUT2D eigenvalue weighted by Gasteiger charge is -2.40. The van der Waals surface area contributed by atoms with Crippen LogP contribution in [-0.2, 0) is 22.7 Å². The molecule has 1 unspecified atom stereocenters. The van der Waals surface area contributed by atoms with E-state index in [4.69, 9.17) is 0 Å². The van der Waals surface area contributed by atoms with Crippen LogP contribution in [0.4, 0.5) is 13.2 Å². The van der Waals surface area contributed by atoms with Gasteiger partial charge in [0.05, 0.1) is 6.04 Å². The summed E-state index contributed by atoms with van der Waals surface area (Å²) in [6.45, 7) is 3.17. The van der Waals surface area contributed by atoms with Gasteiger partial charge in [-0.1, -0.05) is 24.3 Å². The fourth-order valence-electron chi connectivity index (χ4n) is 6.09. The van der Waals surface area contributed by atoms with Gasteiger partial charge in [-0.2, -0.15) is 0 Å². The molecule has 0 radical (unpaired) electrons. The fraction of sp³-hybridized carbons (Fsp3) is 0.323. The highest BCUT2D eigenvalue weighted by atomic mass is 19.1. The van der Waals surface area contributed by atoms with Gasteiger partial charge in [0.15, 0.2) is 0 Å². The molecule has 1 atom stereocenters. The Hall–Kier alpha value is -4.02. The molecule has 0 bridgehead atoms. The van der Waals surface area contributed by atoms with Crippen molar-refractivity contribution >= 4 is 17.7 Å². The second-order valence-corrected chi connectivity index (χ2v) is 10.8. The number of carbonyl (C=O) groups excluding carboxylic acids is 3. The number of fused-ring (bicyclic) bond motifs is 1. The van der Waals surface area contributed by atoms with Crippen molar-refractivity contribution in [3.05, 3.63) is 106 Å². The van der Waals surface area contributed by atoms with Crippen LogP contribution in [0.15, 0.2) is 60.7 Å². The minimum Gasteiger partial charge on any atom is -0.322 e. The summed E-state index contributed by atoms with van der Waals surface area (Å²) in [4.78, 5) is 42.6. The van der Waals surface area contributed by atoms with Gasteiger partial charge in [-0.3, -0.25) is 29.5 Å². The lowest BCUT2D eigenvalue weighted by Crippen LogP contribution is -2.52. The van der Waals surface area contributed by atoms with Crippen molar-refractivity contribution in [2.75, 3.05) is 26.2 Å². The zero-order valence-corrected chi connectivity index (χ0v) is 22.3. The predicted molar refractivity (Wildman–Crippen MR) is 144 cm³/mol. The Morgan fingerprint density at radius 2 is 1.44 bits per heavy atom. The highest BCUT2D eigenvalue weighted by Crippen LogP contribution is 2.32. The largest absolute Gasteiger partial charge is 0.322 e. The van der Waals surface area contributed by atoms with Gasteiger partial charge in [0.2, 0.25) is 11.8 Å². The summed E-state index contributed by atoms with van der Waals surface area (Å²) < 4.78 is 42.5. The Balaban J connectivity index is 1.14. The number of nitrogens with one attached hydrogen (secondary N) is 1. The molecule has 41 heavy (non-hydrogen) atoms. The summed E-state index contributed by atoms with van der Waals surface area (Å²) in [7, 11) is 0. The second kappa shape index (κ2) is 11.1. The van der Waals surface area contributed by atoms with E-state index in [1.54, 1.807) is 30.3 Å². The summed E-state index contributed by atoms with van der Waals surface area (Å²) in [5.74, 6) is -2.38. The Bertz CT molecular complexity index is 1440. The van der Waals surface area contributed by atoms with Crippen LogP contribution in [0.3, 0.4) is 0 Å². The van der Waals surface area contributed by atoms with Crippen LogP contribution in [0.1, 0.15) is 51.5 Å². The van der Waals surface area contributed by atoms with E-state index in [9.17, 15) is 23.2 Å². The van der Waals surface area contributed by atoms with Crippen molar-refractivity contribution in [2.24, 2.45) is 0 Å². The SMILES string of the molecule is O=C1CCC(N2Cc3cc(CN4CCN(C(c5ccc(F)cc5)c5ccc(F)cc5)CC4)c(F)cc3C2=O)C(=O)N1. The number of rotatable bonds is 6. The normalized spacial score (nSPS) is 20.0. The lowest BCUT2D eigenvalue weighted by atomic mass is 9.96. The standard InChI is InChI=1S/C31H29F3N4O3/c32-23-5-1-19(2-6-23)29(20-3-7-24(33)8-4-20)37-13-11-36(12-14-37)17-22-15-21-18-38(31(41)25(21)16-26(22)34)27-9-10-28(39)35-30(27)40/h1-8,15-16,27,29H,9-14,17-18H2,(H,35,39,40). The first-order chi connectivity index (χ1) is 19.8. The first kappa shape index (κ1) is 27.2. The van der Waals surface area contributed by atoms with Gasteiger partial charge in [-0.25, -0.2) is 13.2 Å². The van der Waals surface area contributed by atoms with E-state index in [2.05, 4.69) is 15.1 Å². The van der Waals surface area contributed by atoms with E-state index in [-0.39, 0.29) is 48.5 Å². The van der Waals surface area contributed by atoms with Gasteiger partial charge in [0, 0.05) is 56.8 Å². The Morgan fingerprint density at radius 3 is 2.02 bits per heavy atom. The van der Waals surface area contributed by atoms with E-state index < -0.39 is 23.7 Å². The molecule has 3 heterocycles. The van der Waals surface area contributed by atoms with Crippen LogP contribution >= 0.6 is 0 Å². The molecular weight excluding hydrogens is 533 g/mol. The summed E-state index contributed by atoms with van der Waals surface area (Å²) in [5.41, 5.74) is 3.20. The maximum atomic E-state index is 15.2. The third kappa shape index (κ3) is 5.49. The van der Waals surface area contributed by atoms with Gasteiger partial charge < -0.3 is 4.90 Å². The van der Waals surface area contributed by atoms with E-state index >= 15 is 4.39 Å². The molecule has 6 rings (SSSR count). The Labute approximate surface area is 235 Å². The molecule has 10 heteroatoms. The van der Waals surface area contributed by atoms with E-state index in [1.807, 2.05) is 0 Å². The number of imide groups is 1. The molecule has 0 aromatic heterocycles. The topological polar surface area (TPSA) is 73.0 Å². The van der Waals surface area contributed by atoms with Gasteiger partial charge >= 0.3 is 0 Å². The minimum atomic E-state index is -0.748. The third-order valence-electron chi connectivity index (χ3n) is 8.23. The van der Waals surface area contributed by atoms with Crippen LogP contribution in [0.25, 0.3) is 0 Å². The second-order valence-electron chi connectivity index (χ2n) is 10.8. The van der Waals surface area contributed by atoms with Crippen molar-refractivity contribution in [1.82, 2.24) is 20.0 Å². The monoisotopic (exact) mass is 562 g/mol. The van der Waals surface area contributed by atoms with Gasteiger partial charge in [-0.15, -0.1) is 0 Å². The summed E-state index contributed by atoms with van der Waals surface area (Å²) >= 11 is 0. The van der Waals surface area contributed by atoms with Crippen LogP contribution in [0.2, 0.25) is 0 Å². The van der Waals surface area contributed by atoms with Gasteiger partial charge in [-0.05, 0) is 59.5 Å². The van der Waals surface area contributed by atoms with Crippen molar-refractivity contribution in [2.45, 2.75) is 38.0 Å². The Kier molecular flexibility index (Phi) is 7.35. The number of hydrogen-bond donors (Lipinski definition) is 1. The number of piperazine rings is 1. The van der Waals surface area contributed by atoms with Crippen LogP contribution in [0, 0.1) is 17.5 Å². The molecule has 3 aliphatic rings. The average Bonchev–Trinajstić information content (AvgIpc) is 3.26. The molecule has 7 nitrogen and oxygen atoms in total. The van der Waals surface area contributed by atoms with Crippen molar-refractivity contribution in [3.8, 4) is 0 Å². The number of amides is 3. The molecule has 3 amide bonds. The molecule has 2 fully saturated rings. The van der Waals surface area contributed by atoms with Crippen LogP contribution in [0.5, 0.6) is 0 Å². The molecule has 0 saturated carbocycles. The van der Waals surface area contributed by atoms with Crippen molar-refractivity contribution < 1.29 is 27.6 Å². The quantitative estimate of drug-likeness (QED) is 0.464. The fourth-order valence-corrected chi connectivity index (χ4v) is 6.09. The first-order valence-electron chi connectivity index (χ1n) is 13.7. The maximum Gasteiger partial charge on any atom is 0.255 e. The maximum absolute atomic E-state index is 15.2. The molecule has 3 aromatic carbocycles.